The number of amides is 1. The molecule has 0 aliphatic rings. The Morgan fingerprint density at radius 1 is 1.23 bits per heavy atom. The number of fused-ring (bicyclic) bond motifs is 1. The Morgan fingerprint density at radius 2 is 2.03 bits per heavy atom. The number of hydrogen-bond donors (Lipinski definition) is 2. The minimum absolute atomic E-state index is 0.0390. The van der Waals surface area contributed by atoms with E-state index < -0.39 is 17.6 Å². The second-order valence-electron chi connectivity index (χ2n) is 6.46. The van der Waals surface area contributed by atoms with Gasteiger partial charge in [-0.3, -0.25) is 9.89 Å². The summed E-state index contributed by atoms with van der Waals surface area (Å²) in [6.45, 7) is 0.432. The van der Waals surface area contributed by atoms with Crippen LogP contribution in [-0.2, 0) is 17.5 Å². The number of carbonyl (C=O) groups is 1. The molecular formula is C19H14ClF3N6OS. The number of hydrogen-bond acceptors (Lipinski definition) is 5. The van der Waals surface area contributed by atoms with Crippen LogP contribution in [0.1, 0.15) is 11.4 Å². The fraction of sp³-hybridized carbons (Fsp3) is 0.158. The van der Waals surface area contributed by atoms with E-state index in [1.165, 1.54) is 0 Å². The Kier molecular flexibility index (Phi) is 5.88. The lowest BCUT2D eigenvalue weighted by Crippen LogP contribution is -2.15. The van der Waals surface area contributed by atoms with Crippen LogP contribution in [0.15, 0.2) is 53.9 Å². The number of aromatic amines is 1. The smallest absolute Gasteiger partial charge is 0.324 e. The van der Waals surface area contributed by atoms with Gasteiger partial charge in [-0.1, -0.05) is 35.5 Å². The summed E-state index contributed by atoms with van der Waals surface area (Å²) >= 11 is 6.94. The maximum Gasteiger partial charge on any atom is 0.416 e. The van der Waals surface area contributed by atoms with E-state index in [2.05, 4.69) is 25.5 Å². The first-order valence-electron chi connectivity index (χ1n) is 8.90. The number of thioether (sulfide) groups is 1. The van der Waals surface area contributed by atoms with Crippen molar-refractivity contribution in [2.24, 2.45) is 0 Å². The Bertz CT molecular complexity index is 1240. The molecule has 0 aliphatic carbocycles. The summed E-state index contributed by atoms with van der Waals surface area (Å²) in [5.74, 6) is 0.110. The lowest BCUT2D eigenvalue weighted by Gasteiger charge is -2.10. The zero-order valence-corrected chi connectivity index (χ0v) is 17.2. The summed E-state index contributed by atoms with van der Waals surface area (Å²) in [4.78, 5) is 20.8. The number of anilines is 1. The molecule has 0 saturated carbocycles. The summed E-state index contributed by atoms with van der Waals surface area (Å²) in [7, 11) is 0. The SMILES string of the molecule is O=C(CSc1n[nH]c(Cn2cnc3ccccc32)n1)Nc1ccc(C(F)(F)F)cc1Cl. The second-order valence-corrected chi connectivity index (χ2v) is 7.80. The summed E-state index contributed by atoms with van der Waals surface area (Å²) in [6.07, 6.45) is -2.80. The van der Waals surface area contributed by atoms with E-state index in [1.807, 2.05) is 28.8 Å². The van der Waals surface area contributed by atoms with Crippen LogP contribution < -0.4 is 5.32 Å². The van der Waals surface area contributed by atoms with Gasteiger partial charge in [0.15, 0.2) is 0 Å². The van der Waals surface area contributed by atoms with Gasteiger partial charge in [0.05, 0.1) is 45.9 Å². The van der Waals surface area contributed by atoms with Crippen molar-refractivity contribution in [3.63, 3.8) is 0 Å². The molecular weight excluding hydrogens is 453 g/mol. The van der Waals surface area contributed by atoms with Gasteiger partial charge in [0.1, 0.15) is 5.82 Å². The average Bonchev–Trinajstić information content (AvgIpc) is 3.35. The predicted octanol–water partition coefficient (Wildman–Crippen LogP) is 4.61. The van der Waals surface area contributed by atoms with Crippen LogP contribution in [0.3, 0.4) is 0 Å². The lowest BCUT2D eigenvalue weighted by atomic mass is 10.2. The number of benzene rings is 2. The van der Waals surface area contributed by atoms with Gasteiger partial charge in [0.25, 0.3) is 0 Å². The zero-order chi connectivity index (χ0) is 22.0. The zero-order valence-electron chi connectivity index (χ0n) is 15.7. The maximum atomic E-state index is 12.7. The number of carbonyl (C=O) groups excluding carboxylic acids is 1. The highest BCUT2D eigenvalue weighted by Crippen LogP contribution is 2.33. The highest BCUT2D eigenvalue weighted by Gasteiger charge is 2.31. The number of nitrogens with one attached hydrogen (secondary N) is 2. The van der Waals surface area contributed by atoms with E-state index >= 15 is 0 Å². The molecule has 2 heterocycles. The van der Waals surface area contributed by atoms with Crippen LogP contribution in [0.25, 0.3) is 11.0 Å². The summed E-state index contributed by atoms with van der Waals surface area (Å²) in [5, 5.41) is 9.56. The Hall–Kier alpha value is -3.05. The number of halogens is 4. The third-order valence-electron chi connectivity index (χ3n) is 4.26. The van der Waals surface area contributed by atoms with Crippen molar-refractivity contribution in [2.45, 2.75) is 17.9 Å². The molecule has 31 heavy (non-hydrogen) atoms. The lowest BCUT2D eigenvalue weighted by molar-refractivity contribution is -0.137. The molecule has 0 atom stereocenters. The monoisotopic (exact) mass is 466 g/mol. The molecule has 0 bridgehead atoms. The number of H-pyrrole nitrogens is 1. The van der Waals surface area contributed by atoms with Gasteiger partial charge >= 0.3 is 6.18 Å². The van der Waals surface area contributed by atoms with Crippen molar-refractivity contribution in [3.05, 3.63) is 65.2 Å². The molecule has 1 amide bonds. The van der Waals surface area contributed by atoms with E-state index in [0.717, 1.165) is 41.0 Å². The minimum atomic E-state index is -4.51. The van der Waals surface area contributed by atoms with Gasteiger partial charge in [0, 0.05) is 0 Å². The molecule has 0 radical (unpaired) electrons. The van der Waals surface area contributed by atoms with E-state index in [9.17, 15) is 18.0 Å². The number of alkyl halides is 3. The highest BCUT2D eigenvalue weighted by molar-refractivity contribution is 7.99. The molecule has 2 aromatic heterocycles. The summed E-state index contributed by atoms with van der Waals surface area (Å²) < 4.78 is 40.0. The summed E-state index contributed by atoms with van der Waals surface area (Å²) in [5.41, 5.74) is 1.04. The van der Waals surface area contributed by atoms with Crippen molar-refractivity contribution in [1.82, 2.24) is 24.7 Å². The Morgan fingerprint density at radius 3 is 2.81 bits per heavy atom. The third-order valence-corrected chi connectivity index (χ3v) is 5.42. The maximum absolute atomic E-state index is 12.7. The molecule has 4 aromatic rings. The van der Waals surface area contributed by atoms with Crippen LogP contribution in [0.4, 0.5) is 18.9 Å². The van der Waals surface area contributed by atoms with Crippen molar-refractivity contribution in [1.29, 1.82) is 0 Å². The number of rotatable bonds is 6. The standard InChI is InChI=1S/C19H14ClF3N6OS/c20-12-7-11(19(21,22)23)5-6-13(12)25-17(30)9-31-18-26-16(27-28-18)8-29-10-24-14-3-1-2-4-15(14)29/h1-7,10H,8-9H2,(H,25,30)(H,26,27,28). The Labute approximate surface area is 183 Å². The minimum Gasteiger partial charge on any atom is -0.324 e. The van der Waals surface area contributed by atoms with Gasteiger partial charge < -0.3 is 9.88 Å². The Balaban J connectivity index is 1.34. The highest BCUT2D eigenvalue weighted by atomic mass is 35.5. The summed E-state index contributed by atoms with van der Waals surface area (Å²) in [6, 6.07) is 10.4. The van der Waals surface area contributed by atoms with Crippen LogP contribution in [0.5, 0.6) is 0 Å². The van der Waals surface area contributed by atoms with Gasteiger partial charge in [-0.05, 0) is 30.3 Å². The number of aromatic nitrogens is 5. The topological polar surface area (TPSA) is 88.5 Å². The van der Waals surface area contributed by atoms with Gasteiger partial charge in [-0.15, -0.1) is 5.10 Å². The van der Waals surface area contributed by atoms with Crippen molar-refractivity contribution < 1.29 is 18.0 Å². The molecule has 4 rings (SSSR count). The van der Waals surface area contributed by atoms with Crippen LogP contribution >= 0.6 is 23.4 Å². The molecule has 2 aromatic carbocycles. The molecule has 0 saturated heterocycles. The van der Waals surface area contributed by atoms with Crippen molar-refractivity contribution in [2.75, 3.05) is 11.1 Å². The number of nitrogens with zero attached hydrogens (tertiary/aromatic N) is 4. The molecule has 0 spiro atoms. The third kappa shape index (κ3) is 5.00. The van der Waals surface area contributed by atoms with Crippen LogP contribution in [0.2, 0.25) is 5.02 Å². The quantitative estimate of drug-likeness (QED) is 0.405. The van der Waals surface area contributed by atoms with Crippen LogP contribution in [-0.4, -0.2) is 36.4 Å². The van der Waals surface area contributed by atoms with Crippen LogP contribution in [0, 0.1) is 0 Å². The molecule has 12 heteroatoms. The van der Waals surface area contributed by atoms with Crippen molar-refractivity contribution in [3.8, 4) is 0 Å². The number of imidazole rings is 1. The molecule has 0 unspecified atom stereocenters. The van der Waals surface area contributed by atoms with E-state index in [1.54, 1.807) is 6.33 Å². The molecule has 0 fully saturated rings. The first kappa shape index (κ1) is 21.2. The number of para-hydroxylation sites is 2. The predicted molar refractivity (Wildman–Crippen MR) is 111 cm³/mol. The average molecular weight is 467 g/mol. The van der Waals surface area contributed by atoms with Gasteiger partial charge in [-0.2, -0.15) is 13.2 Å². The van der Waals surface area contributed by atoms with E-state index in [0.29, 0.717) is 17.5 Å². The molecule has 160 valence electrons. The molecule has 2 N–H and O–H groups in total. The van der Waals surface area contributed by atoms with Gasteiger partial charge in [-0.25, -0.2) is 9.97 Å². The molecule has 0 aliphatic heterocycles. The first-order valence-corrected chi connectivity index (χ1v) is 10.3. The molecule has 7 nitrogen and oxygen atoms in total. The second kappa shape index (κ2) is 8.60. The fourth-order valence-electron chi connectivity index (χ4n) is 2.82. The van der Waals surface area contributed by atoms with Crippen molar-refractivity contribution >= 4 is 46.0 Å². The fourth-order valence-corrected chi connectivity index (χ4v) is 3.66. The van der Waals surface area contributed by atoms with Gasteiger partial charge in [0.2, 0.25) is 11.1 Å². The normalized spacial score (nSPS) is 11.7. The largest absolute Gasteiger partial charge is 0.416 e. The van der Waals surface area contributed by atoms with E-state index in [-0.39, 0.29) is 16.5 Å². The van der Waals surface area contributed by atoms with E-state index in [4.69, 9.17) is 11.6 Å². The first-order chi connectivity index (χ1) is 14.8.